The van der Waals surface area contributed by atoms with Crippen molar-refractivity contribution in [3.63, 3.8) is 0 Å². The number of benzene rings is 2. The number of nitrogens with zero attached hydrogens (tertiary/aromatic N) is 4. The Balaban J connectivity index is 0. The zero-order valence-electron chi connectivity index (χ0n) is 37.2. The van der Waals surface area contributed by atoms with Crippen LogP contribution in [0.3, 0.4) is 0 Å². The number of halogens is 10. The van der Waals surface area contributed by atoms with Crippen molar-refractivity contribution in [3.05, 3.63) is 80.3 Å². The lowest BCUT2D eigenvalue weighted by Gasteiger charge is -2.45. The Hall–Kier alpha value is -3.68. The first-order chi connectivity index (χ1) is 28.9. The minimum atomic E-state index is -4.74. The minimum absolute atomic E-state index is 0. The molecule has 12 nitrogen and oxygen atoms in total. The smallest absolute Gasteiger partial charge is 0.410 e. The van der Waals surface area contributed by atoms with E-state index in [0.717, 1.165) is 21.7 Å². The monoisotopic (exact) mass is 1030 g/mol. The van der Waals surface area contributed by atoms with Crippen molar-refractivity contribution < 1.29 is 65.2 Å². The molecule has 2 aromatic carbocycles. The van der Waals surface area contributed by atoms with Crippen LogP contribution in [0.15, 0.2) is 49.1 Å². The van der Waals surface area contributed by atoms with Crippen LogP contribution in [-0.4, -0.2) is 131 Å². The van der Waals surface area contributed by atoms with Crippen LogP contribution in [0.4, 0.5) is 35.9 Å². The van der Waals surface area contributed by atoms with Gasteiger partial charge in [-0.3, -0.25) is 19.4 Å². The molecule has 0 aromatic heterocycles. The largest absolute Gasteiger partial charge is 0.444 e. The highest BCUT2D eigenvalue weighted by Gasteiger charge is 2.46. The maximum atomic E-state index is 13.0. The van der Waals surface area contributed by atoms with Crippen molar-refractivity contribution in [2.75, 3.05) is 47.9 Å². The number of rotatable bonds is 15. The zero-order chi connectivity index (χ0) is 50.0. The van der Waals surface area contributed by atoms with Crippen molar-refractivity contribution >= 4 is 70.4 Å². The highest BCUT2D eigenvalue weighted by molar-refractivity contribution is 6.42. The second-order valence-electron chi connectivity index (χ2n) is 17.0. The third-order valence-corrected chi connectivity index (χ3v) is 10.8. The van der Waals surface area contributed by atoms with E-state index in [1.807, 2.05) is 0 Å². The molecule has 3 atom stereocenters. The van der Waals surface area contributed by atoms with Gasteiger partial charge in [-0.25, -0.2) is 9.59 Å². The molecule has 378 valence electrons. The number of carbonyl (C=O) groups is 4. The lowest BCUT2D eigenvalue weighted by atomic mass is 9.82. The number of amides is 4. The first-order valence-corrected chi connectivity index (χ1v) is 20.8. The van der Waals surface area contributed by atoms with Gasteiger partial charge in [-0.1, -0.05) is 79.5 Å². The molecule has 4 amide bonds. The summed E-state index contributed by atoms with van der Waals surface area (Å²) in [7, 11) is 5.16. The van der Waals surface area contributed by atoms with E-state index in [9.17, 15) is 55.7 Å². The standard InChI is InChI=1S/C21H29Cl2F3N2O5.C21H27Cl2F3N2O3.2CH4/c1-19(2,3)33-18(32)28(5)20(9-14(30)11-29,13-6-7-15(22)16(23)8-13)12-27(4)17(31)10-21(24,25)26;1-7-10-20(14-8-9-15(22)16(23)11-14,28(6)18(30)31-19(2,3)4)13-27(5)17(29)12-21(24,25)26;;/h6-8,14,29-30H,9-12H2,1-5H3;7-9,11H,1,10,12-13H2,2-6H3;2*1H4/t14?,20-;20-;;/m11../s1. The fraction of sp³-hybridized carbons (Fsp3) is 0.591. The molecule has 2 aromatic rings. The van der Waals surface area contributed by atoms with Gasteiger partial charge in [0.25, 0.3) is 0 Å². The molecule has 0 aliphatic carbocycles. The minimum Gasteiger partial charge on any atom is -0.444 e. The summed E-state index contributed by atoms with van der Waals surface area (Å²) in [5.41, 5.74) is -3.95. The number of likely N-dealkylation sites (N-methyl/N-ethyl adjacent to an activating group) is 4. The van der Waals surface area contributed by atoms with E-state index >= 15 is 0 Å². The number of alkyl halides is 6. The Kier molecular flexibility index (Phi) is 25.0. The van der Waals surface area contributed by atoms with E-state index in [1.165, 1.54) is 62.5 Å². The number of carbonyl (C=O) groups excluding carboxylic acids is 4. The number of hydrogen-bond acceptors (Lipinski definition) is 8. The summed E-state index contributed by atoms with van der Waals surface area (Å²) >= 11 is 24.4. The van der Waals surface area contributed by atoms with Gasteiger partial charge in [0.15, 0.2) is 0 Å². The van der Waals surface area contributed by atoms with E-state index in [0.29, 0.717) is 5.56 Å². The summed E-state index contributed by atoms with van der Waals surface area (Å²) in [6, 6.07) is 8.90. The SMILES string of the molecule is C.C.C=CC[C@@](CN(C)C(=O)CC(F)(F)F)(c1ccc(Cl)c(Cl)c1)N(C)C(=O)OC(C)(C)C.CN(C[C@](CC(O)CO)(c1ccc(Cl)c(Cl)c1)N(C)C(=O)OC(C)(C)C)C(=O)CC(F)(F)F. The van der Waals surface area contributed by atoms with Crippen LogP contribution in [0.5, 0.6) is 0 Å². The average molecular weight is 1030 g/mol. The molecule has 0 heterocycles. The molecule has 2 N–H and O–H groups in total. The molecule has 0 aliphatic rings. The molecule has 0 radical (unpaired) electrons. The molecule has 1 unspecified atom stereocenters. The Bertz CT molecular complexity index is 1950. The summed E-state index contributed by atoms with van der Waals surface area (Å²) in [6.45, 7) is 12.2. The van der Waals surface area contributed by atoms with Gasteiger partial charge in [0, 0.05) is 47.7 Å². The fourth-order valence-electron chi connectivity index (χ4n) is 6.27. The van der Waals surface area contributed by atoms with Crippen molar-refractivity contribution in [3.8, 4) is 0 Å². The third kappa shape index (κ3) is 19.9. The highest BCUT2D eigenvalue weighted by atomic mass is 35.5. The first-order valence-electron chi connectivity index (χ1n) is 19.3. The van der Waals surface area contributed by atoms with Gasteiger partial charge in [0.2, 0.25) is 11.8 Å². The Morgan fingerprint density at radius 3 is 1.29 bits per heavy atom. The van der Waals surface area contributed by atoms with E-state index in [1.54, 1.807) is 47.6 Å². The molecular formula is C44H64Cl4F6N4O8. The molecule has 0 spiro atoms. The first kappa shape index (κ1) is 64.4. The van der Waals surface area contributed by atoms with Gasteiger partial charge in [0.1, 0.15) is 24.0 Å². The summed E-state index contributed by atoms with van der Waals surface area (Å²) < 4.78 is 87.6. The predicted octanol–water partition coefficient (Wildman–Crippen LogP) is 11.5. The van der Waals surface area contributed by atoms with E-state index in [-0.39, 0.29) is 59.9 Å². The van der Waals surface area contributed by atoms with Crippen LogP contribution >= 0.6 is 46.4 Å². The molecule has 22 heteroatoms. The van der Waals surface area contributed by atoms with Crippen LogP contribution in [-0.2, 0) is 30.1 Å². The number of ether oxygens (including phenoxy) is 2. The zero-order valence-corrected chi connectivity index (χ0v) is 40.2. The van der Waals surface area contributed by atoms with Gasteiger partial charge in [-0.05, 0) is 83.4 Å². The highest BCUT2D eigenvalue weighted by Crippen LogP contribution is 2.40. The van der Waals surface area contributed by atoms with E-state index in [4.69, 9.17) is 55.9 Å². The van der Waals surface area contributed by atoms with Crippen LogP contribution in [0.25, 0.3) is 0 Å². The van der Waals surface area contributed by atoms with Gasteiger partial charge < -0.3 is 29.5 Å². The molecule has 0 aliphatic heterocycles. The van der Waals surface area contributed by atoms with Crippen molar-refractivity contribution in [1.29, 1.82) is 0 Å². The Labute approximate surface area is 404 Å². The van der Waals surface area contributed by atoms with E-state index in [2.05, 4.69) is 6.58 Å². The predicted molar refractivity (Wildman–Crippen MR) is 247 cm³/mol. The van der Waals surface area contributed by atoms with Crippen molar-refractivity contribution in [1.82, 2.24) is 19.6 Å². The molecule has 2 rings (SSSR count). The molecule has 0 saturated carbocycles. The molecule has 0 saturated heterocycles. The Morgan fingerprint density at radius 1 is 0.652 bits per heavy atom. The van der Waals surface area contributed by atoms with Gasteiger partial charge in [-0.2, -0.15) is 26.3 Å². The van der Waals surface area contributed by atoms with Crippen molar-refractivity contribution in [2.45, 2.75) is 123 Å². The second kappa shape index (κ2) is 25.6. The molecular weight excluding hydrogens is 968 g/mol. The fourth-order valence-corrected chi connectivity index (χ4v) is 6.87. The summed E-state index contributed by atoms with van der Waals surface area (Å²) in [5, 5.41) is 20.5. The van der Waals surface area contributed by atoms with Crippen LogP contribution in [0.1, 0.15) is 93.2 Å². The molecule has 66 heavy (non-hydrogen) atoms. The number of aliphatic hydroxyl groups is 2. The van der Waals surface area contributed by atoms with Gasteiger partial charge >= 0.3 is 24.5 Å². The lowest BCUT2D eigenvalue weighted by Crippen LogP contribution is -2.57. The summed E-state index contributed by atoms with van der Waals surface area (Å²) in [4.78, 5) is 54.5. The summed E-state index contributed by atoms with van der Waals surface area (Å²) in [5.74, 6) is -2.39. The number of aliphatic hydroxyl groups excluding tert-OH is 2. The normalized spacial score (nSPS) is 14.0. The molecule has 0 fully saturated rings. The molecule has 0 bridgehead atoms. The third-order valence-electron chi connectivity index (χ3n) is 9.35. The van der Waals surface area contributed by atoms with Crippen LogP contribution < -0.4 is 0 Å². The maximum absolute atomic E-state index is 13.0. The quantitative estimate of drug-likeness (QED) is 0.133. The van der Waals surface area contributed by atoms with Gasteiger partial charge in [0.05, 0.1) is 43.9 Å². The summed E-state index contributed by atoms with van der Waals surface area (Å²) in [6.07, 6.45) is -14.4. The maximum Gasteiger partial charge on any atom is 0.410 e. The second-order valence-corrected chi connectivity index (χ2v) is 18.6. The van der Waals surface area contributed by atoms with Gasteiger partial charge in [-0.15, -0.1) is 6.58 Å². The van der Waals surface area contributed by atoms with Crippen LogP contribution in [0.2, 0.25) is 20.1 Å². The topological polar surface area (TPSA) is 140 Å². The average Bonchev–Trinajstić information content (AvgIpc) is 3.13. The Morgan fingerprint density at radius 2 is 0.985 bits per heavy atom. The van der Waals surface area contributed by atoms with E-state index < -0.39 is 90.7 Å². The van der Waals surface area contributed by atoms with Crippen molar-refractivity contribution in [2.24, 2.45) is 0 Å². The number of hydrogen-bond donors (Lipinski definition) is 2. The van der Waals surface area contributed by atoms with Crippen LogP contribution in [0, 0.1) is 0 Å². The lowest BCUT2D eigenvalue weighted by molar-refractivity contribution is -0.163.